The van der Waals surface area contributed by atoms with Crippen LogP contribution in [0.5, 0.6) is 0 Å². The maximum atomic E-state index is 4.22. The first-order chi connectivity index (χ1) is 6.35. The average Bonchev–Trinajstić information content (AvgIpc) is 2.16. The van der Waals surface area contributed by atoms with Crippen LogP contribution in [0.1, 0.15) is 33.6 Å². The molecule has 0 N–H and O–H groups in total. The van der Waals surface area contributed by atoms with E-state index in [2.05, 4.69) is 22.1 Å². The number of unbranched alkanes of at least 4 members (excludes halogenated alkanes) is 1. The van der Waals surface area contributed by atoms with Gasteiger partial charge < -0.3 is 0 Å². The Bertz CT molecular complexity index is 224. The van der Waals surface area contributed by atoms with E-state index in [0.717, 1.165) is 18.5 Å². The fourth-order valence-electron chi connectivity index (χ4n) is 0.641. The lowest BCUT2D eigenvalue weighted by Crippen LogP contribution is -1.81. The van der Waals surface area contributed by atoms with Gasteiger partial charge in [0.1, 0.15) is 0 Å². The van der Waals surface area contributed by atoms with Crippen molar-refractivity contribution < 1.29 is 0 Å². The van der Waals surface area contributed by atoms with Crippen LogP contribution in [0.3, 0.4) is 0 Å². The molecule has 0 aromatic rings. The summed E-state index contributed by atoms with van der Waals surface area (Å²) in [5.74, 6) is 0. The van der Waals surface area contributed by atoms with Crippen LogP contribution in [0.4, 0.5) is 0 Å². The number of aliphatic imine (C=N–C) groups is 1. The van der Waals surface area contributed by atoms with E-state index in [-0.39, 0.29) is 0 Å². The first kappa shape index (κ1) is 11.8. The van der Waals surface area contributed by atoms with Crippen molar-refractivity contribution in [2.45, 2.75) is 33.6 Å². The Hall–Kier alpha value is -1.25. The summed E-state index contributed by atoms with van der Waals surface area (Å²) in [6.07, 6.45) is 9.20. The number of hydrogen-bond donors (Lipinski definition) is 0. The second kappa shape index (κ2) is 8.84. The molecule has 0 rings (SSSR count). The van der Waals surface area contributed by atoms with Crippen molar-refractivity contribution in [2.24, 2.45) is 15.2 Å². The van der Waals surface area contributed by atoms with Crippen LogP contribution < -0.4 is 0 Å². The van der Waals surface area contributed by atoms with Gasteiger partial charge in [0, 0.05) is 12.4 Å². The van der Waals surface area contributed by atoms with E-state index < -0.39 is 0 Å². The molecule has 0 aliphatic rings. The molecule has 0 aliphatic carbocycles. The monoisotopic (exact) mass is 179 g/mol. The number of allylic oxidation sites excluding steroid dienone is 2. The normalized spacial score (nSPS) is 13.9. The van der Waals surface area contributed by atoms with Gasteiger partial charge in [0.05, 0.1) is 11.9 Å². The molecule has 13 heavy (non-hydrogen) atoms. The number of hydrogen-bond acceptors (Lipinski definition) is 3. The topological polar surface area (TPSA) is 37.1 Å². The Morgan fingerprint density at radius 1 is 1.23 bits per heavy atom. The molecule has 0 amide bonds. The van der Waals surface area contributed by atoms with Gasteiger partial charge in [0.25, 0.3) is 0 Å². The van der Waals surface area contributed by atoms with Gasteiger partial charge in [-0.1, -0.05) is 19.4 Å². The van der Waals surface area contributed by atoms with Gasteiger partial charge in [-0.25, -0.2) is 0 Å². The highest BCUT2D eigenvalue weighted by molar-refractivity contribution is 5.81. The van der Waals surface area contributed by atoms with Crippen LogP contribution in [0.2, 0.25) is 0 Å². The standard InChI is InChI=1S/C10H17N3/c1-4-7-8-11-10(5-2)9-13-12-6-3/h5-6,8-9H,4,7H2,1-3H3/b10-5+,11-8?,12-6+,13-9+. The third-order valence-corrected chi connectivity index (χ3v) is 1.33. The van der Waals surface area contributed by atoms with Crippen LogP contribution >= 0.6 is 0 Å². The second-order valence-electron chi connectivity index (χ2n) is 2.43. The average molecular weight is 179 g/mol. The summed E-state index contributed by atoms with van der Waals surface area (Å²) in [5, 5.41) is 7.52. The van der Waals surface area contributed by atoms with Gasteiger partial charge in [0.2, 0.25) is 0 Å². The molecule has 0 aromatic carbocycles. The van der Waals surface area contributed by atoms with Gasteiger partial charge in [-0.15, -0.1) is 0 Å². The van der Waals surface area contributed by atoms with Crippen molar-refractivity contribution in [3.8, 4) is 0 Å². The molecule has 0 bridgehead atoms. The minimum absolute atomic E-state index is 0.846. The molecule has 3 heteroatoms. The molecule has 0 atom stereocenters. The lowest BCUT2D eigenvalue weighted by molar-refractivity contribution is 1.01. The molecule has 0 saturated carbocycles. The fourth-order valence-corrected chi connectivity index (χ4v) is 0.641. The number of nitrogens with zero attached hydrogens (tertiary/aromatic N) is 3. The summed E-state index contributed by atoms with van der Waals surface area (Å²) in [5.41, 5.74) is 0.846. The largest absolute Gasteiger partial charge is 0.260 e. The van der Waals surface area contributed by atoms with E-state index in [9.17, 15) is 0 Å². The van der Waals surface area contributed by atoms with E-state index in [1.807, 2.05) is 26.1 Å². The molecule has 0 heterocycles. The molecule has 0 fully saturated rings. The molecule has 0 radical (unpaired) electrons. The minimum Gasteiger partial charge on any atom is -0.260 e. The van der Waals surface area contributed by atoms with E-state index in [0.29, 0.717) is 0 Å². The van der Waals surface area contributed by atoms with Crippen molar-refractivity contribution in [3.63, 3.8) is 0 Å². The molecular weight excluding hydrogens is 162 g/mol. The van der Waals surface area contributed by atoms with Crippen molar-refractivity contribution in [1.29, 1.82) is 0 Å². The van der Waals surface area contributed by atoms with Gasteiger partial charge >= 0.3 is 0 Å². The molecule has 0 unspecified atom stereocenters. The molecule has 72 valence electrons. The Balaban J connectivity index is 4.05. The minimum atomic E-state index is 0.846. The van der Waals surface area contributed by atoms with E-state index >= 15 is 0 Å². The Morgan fingerprint density at radius 3 is 2.54 bits per heavy atom. The summed E-state index contributed by atoms with van der Waals surface area (Å²) >= 11 is 0. The van der Waals surface area contributed by atoms with Crippen LogP contribution in [-0.2, 0) is 0 Å². The molecule has 0 aromatic heterocycles. The van der Waals surface area contributed by atoms with Crippen LogP contribution in [0, 0.1) is 0 Å². The third kappa shape index (κ3) is 7.12. The van der Waals surface area contributed by atoms with Gasteiger partial charge in [-0.05, 0) is 20.3 Å². The van der Waals surface area contributed by atoms with E-state index in [1.165, 1.54) is 0 Å². The predicted octanol–water partition coefficient (Wildman–Crippen LogP) is 2.84. The summed E-state index contributed by atoms with van der Waals surface area (Å²) in [7, 11) is 0. The molecule has 0 saturated heterocycles. The van der Waals surface area contributed by atoms with Crippen LogP contribution in [0.15, 0.2) is 27.0 Å². The van der Waals surface area contributed by atoms with Crippen molar-refractivity contribution in [1.82, 2.24) is 0 Å². The van der Waals surface area contributed by atoms with E-state index in [4.69, 9.17) is 0 Å². The second-order valence-corrected chi connectivity index (χ2v) is 2.43. The lowest BCUT2D eigenvalue weighted by Gasteiger charge is -1.89. The maximum absolute atomic E-state index is 4.22. The Labute approximate surface area is 80.0 Å². The molecule has 3 nitrogen and oxygen atoms in total. The first-order valence-electron chi connectivity index (χ1n) is 4.55. The summed E-state index contributed by atoms with van der Waals surface area (Å²) in [4.78, 5) is 4.22. The van der Waals surface area contributed by atoms with Gasteiger partial charge in [-0.3, -0.25) is 4.99 Å². The third-order valence-electron chi connectivity index (χ3n) is 1.33. The molecule has 0 aliphatic heterocycles. The fraction of sp³-hybridized carbons (Fsp3) is 0.500. The Kier molecular flexibility index (Phi) is 7.99. The Morgan fingerprint density at radius 2 is 2.00 bits per heavy atom. The number of rotatable bonds is 5. The van der Waals surface area contributed by atoms with Crippen molar-refractivity contribution >= 4 is 18.6 Å². The SMILES string of the molecule is C/C=N/N=C/C(=C\C)N=CCCC. The predicted molar refractivity (Wildman–Crippen MR) is 59.8 cm³/mol. The quantitative estimate of drug-likeness (QED) is 0.459. The molecule has 0 spiro atoms. The highest BCUT2D eigenvalue weighted by atomic mass is 15.2. The van der Waals surface area contributed by atoms with Crippen molar-refractivity contribution in [2.75, 3.05) is 0 Å². The summed E-state index contributed by atoms with van der Waals surface area (Å²) in [6, 6.07) is 0. The smallest absolute Gasteiger partial charge is 0.0784 e. The van der Waals surface area contributed by atoms with Gasteiger partial charge in [-0.2, -0.15) is 10.2 Å². The van der Waals surface area contributed by atoms with Crippen molar-refractivity contribution in [3.05, 3.63) is 11.8 Å². The van der Waals surface area contributed by atoms with Crippen LogP contribution in [-0.4, -0.2) is 18.6 Å². The lowest BCUT2D eigenvalue weighted by atomic mass is 10.3. The maximum Gasteiger partial charge on any atom is 0.0784 e. The van der Waals surface area contributed by atoms with Gasteiger partial charge in [0.15, 0.2) is 0 Å². The molecular formula is C10H17N3. The highest BCUT2D eigenvalue weighted by Crippen LogP contribution is 1.93. The first-order valence-corrected chi connectivity index (χ1v) is 4.55. The van der Waals surface area contributed by atoms with E-state index in [1.54, 1.807) is 12.4 Å². The zero-order valence-electron chi connectivity index (χ0n) is 8.57. The zero-order valence-corrected chi connectivity index (χ0v) is 8.57. The summed E-state index contributed by atoms with van der Waals surface area (Å²) in [6.45, 7) is 5.88. The zero-order chi connectivity index (χ0) is 9.94. The summed E-state index contributed by atoms with van der Waals surface area (Å²) < 4.78 is 0. The highest BCUT2D eigenvalue weighted by Gasteiger charge is 1.83. The van der Waals surface area contributed by atoms with Crippen LogP contribution in [0.25, 0.3) is 0 Å².